The van der Waals surface area contributed by atoms with Crippen molar-refractivity contribution >= 4 is 76.2 Å². The molecule has 242 valence electrons. The van der Waals surface area contributed by atoms with Gasteiger partial charge >= 0.3 is 0 Å². The third-order valence-electron chi connectivity index (χ3n) is 10.4. The smallest absolute Gasteiger partial charge is 0.0621 e. The molecule has 3 heteroatoms. The summed E-state index contributed by atoms with van der Waals surface area (Å²) in [4.78, 5) is 0. The molecule has 11 aromatic rings. The van der Waals surface area contributed by atoms with Crippen LogP contribution in [0.25, 0.3) is 93.3 Å². The predicted molar refractivity (Wildman–Crippen MR) is 218 cm³/mol. The van der Waals surface area contributed by atoms with Gasteiger partial charge < -0.3 is 13.7 Å². The Kier molecular flexibility index (Phi) is 6.62. The number of para-hydroxylation sites is 5. The lowest BCUT2D eigenvalue weighted by atomic mass is 10.0. The molecule has 51 heavy (non-hydrogen) atoms. The van der Waals surface area contributed by atoms with Gasteiger partial charge in [-0.15, -0.1) is 0 Å². The van der Waals surface area contributed by atoms with Gasteiger partial charge in [0.2, 0.25) is 0 Å². The average Bonchev–Trinajstić information content (AvgIpc) is 3.85. The number of hydrogen-bond donors (Lipinski definition) is 0. The summed E-state index contributed by atoms with van der Waals surface area (Å²) in [5, 5.41) is 10.1. The maximum Gasteiger partial charge on any atom is 0.0621 e. The van der Waals surface area contributed by atoms with E-state index in [-0.39, 0.29) is 0 Å². The highest BCUT2D eigenvalue weighted by Crippen LogP contribution is 2.45. The minimum atomic E-state index is 1.17. The largest absolute Gasteiger partial charge is 0.309 e. The van der Waals surface area contributed by atoms with Crippen molar-refractivity contribution in [2.75, 3.05) is 0 Å². The Labute approximate surface area is 295 Å². The molecule has 0 atom stereocenters. The number of aromatic nitrogens is 3. The molecule has 0 unspecified atom stereocenters. The number of fused-ring (bicyclic) bond motifs is 12. The molecule has 0 spiro atoms. The van der Waals surface area contributed by atoms with Crippen molar-refractivity contribution in [3.05, 3.63) is 176 Å². The molecule has 0 aliphatic rings. The van der Waals surface area contributed by atoms with Gasteiger partial charge in [0.15, 0.2) is 0 Å². The van der Waals surface area contributed by atoms with E-state index < -0.39 is 0 Å². The molecule has 11 rings (SSSR count). The first-order valence-electron chi connectivity index (χ1n) is 17.9. The topological polar surface area (TPSA) is 14.8 Å². The Morgan fingerprint density at radius 2 is 0.706 bits per heavy atom. The molecule has 3 aromatic heterocycles. The maximum atomic E-state index is 2.51. The van der Waals surface area contributed by atoms with Crippen LogP contribution in [0.2, 0.25) is 0 Å². The fourth-order valence-corrected chi connectivity index (χ4v) is 8.47. The summed E-state index contributed by atoms with van der Waals surface area (Å²) in [5.74, 6) is 0. The normalized spacial score (nSPS) is 11.7. The zero-order valence-electron chi connectivity index (χ0n) is 28.6. The van der Waals surface area contributed by atoms with Gasteiger partial charge in [0.05, 0.1) is 38.8 Å². The summed E-state index contributed by atoms with van der Waals surface area (Å²) in [6.45, 7) is 4.00. The monoisotopic (exact) mass is 653 g/mol. The van der Waals surface area contributed by atoms with Crippen molar-refractivity contribution in [1.82, 2.24) is 13.7 Å². The Morgan fingerprint density at radius 3 is 1.29 bits per heavy atom. The van der Waals surface area contributed by atoms with Crippen molar-refractivity contribution in [3.63, 3.8) is 0 Å². The minimum absolute atomic E-state index is 1.17. The molecule has 0 amide bonds. The van der Waals surface area contributed by atoms with E-state index in [2.05, 4.69) is 190 Å². The summed E-state index contributed by atoms with van der Waals surface area (Å²) in [5.41, 5.74) is 10.8. The van der Waals surface area contributed by atoms with E-state index in [0.29, 0.717) is 0 Å². The number of hydrogen-bond acceptors (Lipinski definition) is 0. The first-order chi connectivity index (χ1) is 25.4. The Hall–Kier alpha value is -6.58. The van der Waals surface area contributed by atoms with Crippen molar-refractivity contribution in [3.8, 4) is 17.1 Å². The van der Waals surface area contributed by atoms with Gasteiger partial charge in [0.1, 0.15) is 0 Å². The van der Waals surface area contributed by atoms with Crippen molar-refractivity contribution in [1.29, 1.82) is 0 Å². The summed E-state index contributed by atoms with van der Waals surface area (Å²) < 4.78 is 7.36. The average molecular weight is 654 g/mol. The third-order valence-corrected chi connectivity index (χ3v) is 10.4. The lowest BCUT2D eigenvalue weighted by Crippen LogP contribution is -1.98. The highest BCUT2D eigenvalue weighted by molar-refractivity contribution is 6.29. The van der Waals surface area contributed by atoms with E-state index in [1.54, 1.807) is 0 Å². The molecule has 0 fully saturated rings. The molecule has 3 nitrogen and oxygen atoms in total. The van der Waals surface area contributed by atoms with E-state index in [0.717, 1.165) is 0 Å². The van der Waals surface area contributed by atoms with Crippen LogP contribution in [0.1, 0.15) is 13.8 Å². The van der Waals surface area contributed by atoms with Gasteiger partial charge in [-0.05, 0) is 60.7 Å². The number of nitrogens with zero attached hydrogens (tertiary/aromatic N) is 3. The molecular formula is C48H35N3. The van der Waals surface area contributed by atoms with Gasteiger partial charge in [-0.2, -0.15) is 0 Å². The third kappa shape index (κ3) is 4.12. The van der Waals surface area contributed by atoms with Crippen LogP contribution in [0.5, 0.6) is 0 Å². The number of rotatable bonds is 3. The van der Waals surface area contributed by atoms with Crippen LogP contribution in [0, 0.1) is 0 Å². The quantitative estimate of drug-likeness (QED) is 0.180. The molecule has 0 radical (unpaired) electrons. The first kappa shape index (κ1) is 29.3. The summed E-state index contributed by atoms with van der Waals surface area (Å²) in [6, 6.07) is 64.1. The second-order valence-electron chi connectivity index (χ2n) is 12.9. The summed E-state index contributed by atoms with van der Waals surface area (Å²) >= 11 is 0. The second-order valence-corrected chi connectivity index (χ2v) is 12.9. The molecule has 0 saturated heterocycles. The van der Waals surface area contributed by atoms with E-state index in [1.807, 2.05) is 13.8 Å². The van der Waals surface area contributed by atoms with E-state index in [4.69, 9.17) is 0 Å². The SMILES string of the molecule is CC.c1ccc(-n2c3ccccc3c3c4c5ccccc5n(-c5cc6c7ccccc7n(-c7ccccc7)c6c6ccccc56)c4ccc32)cc1. The molecule has 0 bridgehead atoms. The van der Waals surface area contributed by atoms with Gasteiger partial charge in [-0.1, -0.05) is 129 Å². The molecule has 0 N–H and O–H groups in total. The molecule has 0 aliphatic heterocycles. The second kappa shape index (κ2) is 11.5. The molecule has 3 heterocycles. The Morgan fingerprint density at radius 1 is 0.294 bits per heavy atom. The van der Waals surface area contributed by atoms with Crippen LogP contribution >= 0.6 is 0 Å². The standard InChI is InChI=1S/C46H29N3.C2H6/c1-3-15-30(16-4-1)47-39-25-13-10-22-35(39)44-41(47)27-28-42-45(44)36-23-11-14-26-40(36)49(42)43-29-37-33-20-9-12-24-38(33)48(31-17-5-2-6-18-31)46(37)34-21-8-7-19-32(34)43;1-2/h1-29H;1-2H3. The summed E-state index contributed by atoms with van der Waals surface area (Å²) in [6.07, 6.45) is 0. The fraction of sp³-hybridized carbons (Fsp3) is 0.0417. The first-order valence-corrected chi connectivity index (χ1v) is 17.9. The van der Waals surface area contributed by atoms with Crippen molar-refractivity contribution < 1.29 is 0 Å². The van der Waals surface area contributed by atoms with E-state index in [9.17, 15) is 0 Å². The van der Waals surface area contributed by atoms with Crippen LogP contribution in [0.15, 0.2) is 176 Å². The van der Waals surface area contributed by atoms with Gasteiger partial charge in [0.25, 0.3) is 0 Å². The van der Waals surface area contributed by atoms with Gasteiger partial charge in [-0.25, -0.2) is 0 Å². The molecule has 0 saturated carbocycles. The fourth-order valence-electron chi connectivity index (χ4n) is 8.47. The maximum absolute atomic E-state index is 2.51. The van der Waals surface area contributed by atoms with Crippen molar-refractivity contribution in [2.24, 2.45) is 0 Å². The van der Waals surface area contributed by atoms with Gasteiger partial charge in [-0.3, -0.25) is 0 Å². The summed E-state index contributed by atoms with van der Waals surface area (Å²) in [7, 11) is 0. The molecule has 8 aromatic carbocycles. The molecule has 0 aliphatic carbocycles. The Bertz CT molecular complexity index is 3090. The van der Waals surface area contributed by atoms with Crippen molar-refractivity contribution in [2.45, 2.75) is 13.8 Å². The zero-order chi connectivity index (χ0) is 34.1. The number of benzene rings is 8. The van der Waals surface area contributed by atoms with Gasteiger partial charge in [0, 0.05) is 54.5 Å². The van der Waals surface area contributed by atoms with Crippen LogP contribution in [-0.4, -0.2) is 13.7 Å². The van der Waals surface area contributed by atoms with Crippen LogP contribution in [0.3, 0.4) is 0 Å². The lowest BCUT2D eigenvalue weighted by molar-refractivity contribution is 1.17. The lowest BCUT2D eigenvalue weighted by Gasteiger charge is -2.15. The van der Waals surface area contributed by atoms with E-state index in [1.165, 1.54) is 93.3 Å². The van der Waals surface area contributed by atoms with Crippen LogP contribution in [0.4, 0.5) is 0 Å². The van der Waals surface area contributed by atoms with Crippen LogP contribution < -0.4 is 0 Å². The highest BCUT2D eigenvalue weighted by Gasteiger charge is 2.23. The zero-order valence-corrected chi connectivity index (χ0v) is 28.6. The Balaban J connectivity index is 0.00000161. The minimum Gasteiger partial charge on any atom is -0.309 e. The van der Waals surface area contributed by atoms with Crippen LogP contribution in [-0.2, 0) is 0 Å². The molecular weight excluding hydrogens is 619 g/mol. The van der Waals surface area contributed by atoms with E-state index >= 15 is 0 Å². The highest BCUT2D eigenvalue weighted by atomic mass is 15.0. The predicted octanol–water partition coefficient (Wildman–Crippen LogP) is 13.2.